The highest BCUT2D eigenvalue weighted by Gasteiger charge is 2.29. The van der Waals surface area contributed by atoms with Crippen molar-refractivity contribution in [2.75, 3.05) is 0 Å². The zero-order valence-electron chi connectivity index (χ0n) is 20.5. The summed E-state index contributed by atoms with van der Waals surface area (Å²) in [5.41, 5.74) is 12.1. The molecule has 4 rings (SSSR count). The molecular weight excluding hydrogens is 376 g/mol. The van der Waals surface area contributed by atoms with E-state index in [0.717, 1.165) is 12.8 Å². The van der Waals surface area contributed by atoms with Gasteiger partial charge >= 0.3 is 0 Å². The molecule has 30 heavy (non-hydrogen) atoms. The summed E-state index contributed by atoms with van der Waals surface area (Å²) < 4.78 is 0. The highest BCUT2D eigenvalue weighted by Crippen LogP contribution is 2.45. The van der Waals surface area contributed by atoms with Crippen LogP contribution in [0.5, 0.6) is 0 Å². The number of fused-ring (bicyclic) bond motifs is 3. The molecule has 0 aliphatic heterocycles. The van der Waals surface area contributed by atoms with E-state index < -0.39 is 8.07 Å². The van der Waals surface area contributed by atoms with E-state index in [9.17, 15) is 0 Å². The van der Waals surface area contributed by atoms with Crippen molar-refractivity contribution in [1.82, 2.24) is 0 Å². The summed E-state index contributed by atoms with van der Waals surface area (Å²) in [6.45, 7) is 21.4. The summed E-state index contributed by atoms with van der Waals surface area (Å²) in [7, 11) is -1.27. The van der Waals surface area contributed by atoms with Crippen molar-refractivity contribution in [3.05, 3.63) is 75.5 Å². The smallest absolute Gasteiger partial charge is 0.0772 e. The highest BCUT2D eigenvalue weighted by molar-refractivity contribution is 6.84. The molecule has 0 heterocycles. The minimum absolute atomic E-state index is 0.123. The SMILES string of the molecule is CC(C)(C)c1ccc2c(c1)-c1cc(C(C)(C)C)c(C3=CC([Si](C)(C)C)=CC3)cc1C2. The van der Waals surface area contributed by atoms with Crippen LogP contribution in [0.15, 0.2) is 47.7 Å². The molecule has 0 radical (unpaired) electrons. The zero-order valence-corrected chi connectivity index (χ0v) is 21.5. The summed E-state index contributed by atoms with van der Waals surface area (Å²) in [6, 6.07) is 12.2. The molecule has 0 unspecified atom stereocenters. The monoisotopic (exact) mass is 414 g/mol. The van der Waals surface area contributed by atoms with Crippen LogP contribution in [0.1, 0.15) is 75.8 Å². The molecule has 2 aromatic rings. The van der Waals surface area contributed by atoms with Gasteiger partial charge in [-0.05, 0) is 74.3 Å². The molecule has 0 nitrogen and oxygen atoms in total. The van der Waals surface area contributed by atoms with Crippen LogP contribution >= 0.6 is 0 Å². The maximum atomic E-state index is 2.53. The molecule has 0 aromatic heterocycles. The van der Waals surface area contributed by atoms with E-state index in [1.54, 1.807) is 5.20 Å². The van der Waals surface area contributed by atoms with Crippen molar-refractivity contribution < 1.29 is 0 Å². The number of hydrogen-bond donors (Lipinski definition) is 0. The van der Waals surface area contributed by atoms with Gasteiger partial charge in [0.1, 0.15) is 0 Å². The molecular formula is C29H38Si. The van der Waals surface area contributed by atoms with Crippen LogP contribution in [0.2, 0.25) is 19.6 Å². The molecule has 158 valence electrons. The lowest BCUT2D eigenvalue weighted by atomic mass is 9.79. The second-order valence-corrected chi connectivity index (χ2v) is 17.5. The third-order valence-electron chi connectivity index (χ3n) is 6.78. The molecule has 0 amide bonds. The Bertz CT molecular complexity index is 1070. The Balaban J connectivity index is 1.86. The molecule has 2 aliphatic rings. The molecule has 0 spiro atoms. The van der Waals surface area contributed by atoms with Gasteiger partial charge in [-0.2, -0.15) is 0 Å². The summed E-state index contributed by atoms with van der Waals surface area (Å²) in [5, 5.41) is 1.61. The van der Waals surface area contributed by atoms with Crippen LogP contribution in [-0.4, -0.2) is 8.07 Å². The Morgan fingerprint density at radius 2 is 1.40 bits per heavy atom. The van der Waals surface area contributed by atoms with Gasteiger partial charge in [-0.3, -0.25) is 0 Å². The zero-order chi connectivity index (χ0) is 22.1. The van der Waals surface area contributed by atoms with E-state index in [1.807, 2.05) is 0 Å². The molecule has 0 atom stereocenters. The summed E-state index contributed by atoms with van der Waals surface area (Å²) >= 11 is 0. The van der Waals surface area contributed by atoms with Crippen LogP contribution in [0.4, 0.5) is 0 Å². The van der Waals surface area contributed by atoms with E-state index in [4.69, 9.17) is 0 Å². The summed E-state index contributed by atoms with van der Waals surface area (Å²) in [6.07, 6.45) is 7.16. The third kappa shape index (κ3) is 3.78. The first-order valence-electron chi connectivity index (χ1n) is 11.5. The van der Waals surface area contributed by atoms with Gasteiger partial charge in [0.2, 0.25) is 0 Å². The van der Waals surface area contributed by atoms with Crippen LogP contribution in [0.25, 0.3) is 16.7 Å². The van der Waals surface area contributed by atoms with Crippen LogP contribution in [0.3, 0.4) is 0 Å². The largest absolute Gasteiger partial charge is 0.0808 e. The van der Waals surface area contributed by atoms with E-state index in [2.05, 4.69) is 104 Å². The standard InChI is InChI=1S/C29H38Si/c1-28(2,3)22-12-10-19-14-21-16-26(20-11-13-23(15-20)30(7,8)9)27(29(4,5)6)18-25(21)24(19)17-22/h10,12-13,15-18H,11,14H2,1-9H3. The van der Waals surface area contributed by atoms with Gasteiger partial charge in [-0.1, -0.05) is 103 Å². The van der Waals surface area contributed by atoms with Crippen molar-refractivity contribution in [3.63, 3.8) is 0 Å². The number of allylic oxidation sites excluding steroid dienone is 4. The molecule has 0 bridgehead atoms. The van der Waals surface area contributed by atoms with E-state index in [-0.39, 0.29) is 10.8 Å². The lowest BCUT2D eigenvalue weighted by Crippen LogP contribution is -2.21. The average molecular weight is 415 g/mol. The van der Waals surface area contributed by atoms with Gasteiger partial charge in [0, 0.05) is 0 Å². The lowest BCUT2D eigenvalue weighted by Gasteiger charge is -2.25. The predicted octanol–water partition coefficient (Wildman–Crippen LogP) is 8.44. The van der Waals surface area contributed by atoms with E-state index >= 15 is 0 Å². The van der Waals surface area contributed by atoms with Crippen LogP contribution in [0, 0.1) is 0 Å². The second kappa shape index (κ2) is 6.82. The van der Waals surface area contributed by atoms with Gasteiger partial charge in [0.25, 0.3) is 0 Å². The van der Waals surface area contributed by atoms with E-state index in [0.29, 0.717) is 0 Å². The Kier molecular flexibility index (Phi) is 4.86. The molecule has 1 heteroatoms. The van der Waals surface area contributed by atoms with Crippen molar-refractivity contribution >= 4 is 13.6 Å². The first kappa shape index (κ1) is 21.4. The predicted molar refractivity (Wildman–Crippen MR) is 136 cm³/mol. The summed E-state index contributed by atoms with van der Waals surface area (Å²) in [4.78, 5) is 0. The topological polar surface area (TPSA) is 0 Å². The Morgan fingerprint density at radius 1 is 0.733 bits per heavy atom. The van der Waals surface area contributed by atoms with Gasteiger partial charge < -0.3 is 0 Å². The normalized spacial score (nSPS) is 16.3. The molecule has 0 saturated heterocycles. The third-order valence-corrected chi connectivity index (χ3v) is 8.86. The molecule has 2 aliphatic carbocycles. The van der Waals surface area contributed by atoms with Crippen molar-refractivity contribution in [1.29, 1.82) is 0 Å². The van der Waals surface area contributed by atoms with Crippen molar-refractivity contribution in [2.45, 2.75) is 84.9 Å². The fraction of sp³-hybridized carbons (Fsp3) is 0.448. The minimum atomic E-state index is -1.27. The van der Waals surface area contributed by atoms with Gasteiger partial charge in [0.05, 0.1) is 8.07 Å². The maximum absolute atomic E-state index is 2.53. The van der Waals surface area contributed by atoms with Gasteiger partial charge in [-0.25, -0.2) is 0 Å². The Morgan fingerprint density at radius 3 is 1.97 bits per heavy atom. The first-order chi connectivity index (χ1) is 13.7. The average Bonchev–Trinajstić information content (AvgIpc) is 3.23. The summed E-state index contributed by atoms with van der Waals surface area (Å²) in [5.74, 6) is 0. The fourth-order valence-corrected chi connectivity index (χ4v) is 6.14. The van der Waals surface area contributed by atoms with Crippen LogP contribution in [-0.2, 0) is 17.3 Å². The van der Waals surface area contributed by atoms with E-state index in [1.165, 1.54) is 44.5 Å². The van der Waals surface area contributed by atoms with Crippen molar-refractivity contribution in [2.24, 2.45) is 0 Å². The second-order valence-electron chi connectivity index (χ2n) is 12.4. The number of rotatable bonds is 2. The molecule has 0 N–H and O–H groups in total. The Labute approximate surface area is 185 Å². The first-order valence-corrected chi connectivity index (χ1v) is 15.0. The van der Waals surface area contributed by atoms with Crippen LogP contribution < -0.4 is 0 Å². The number of benzene rings is 2. The molecule has 0 fully saturated rings. The molecule has 0 saturated carbocycles. The molecule has 2 aromatic carbocycles. The lowest BCUT2D eigenvalue weighted by molar-refractivity contribution is 0.588. The Hall–Kier alpha value is -1.86. The van der Waals surface area contributed by atoms with Crippen molar-refractivity contribution in [3.8, 4) is 11.1 Å². The highest BCUT2D eigenvalue weighted by atomic mass is 28.3. The maximum Gasteiger partial charge on any atom is 0.0772 e. The van der Waals surface area contributed by atoms with Gasteiger partial charge in [-0.15, -0.1) is 0 Å². The minimum Gasteiger partial charge on any atom is -0.0808 e. The quantitative estimate of drug-likeness (QED) is 0.369. The number of hydrogen-bond acceptors (Lipinski definition) is 0. The van der Waals surface area contributed by atoms with Gasteiger partial charge in [0.15, 0.2) is 0 Å². The fourth-order valence-electron chi connectivity index (χ4n) is 4.82.